The molecule has 0 aromatic carbocycles. The fraction of sp³-hybridized carbons (Fsp3) is 0.800. The highest BCUT2D eigenvalue weighted by molar-refractivity contribution is 5.68. The van der Waals surface area contributed by atoms with E-state index in [1.54, 1.807) is 0 Å². The third-order valence-corrected chi connectivity index (χ3v) is 0.424. The summed E-state index contributed by atoms with van der Waals surface area (Å²) in [6.45, 7) is -2.35. The molecule has 0 fully saturated rings. The van der Waals surface area contributed by atoms with Gasteiger partial charge in [0.25, 0.3) is 0 Å². The molecule has 0 rings (SSSR count). The molecule has 0 aliphatic rings. The van der Waals surface area contributed by atoms with Gasteiger partial charge in [-0.3, -0.25) is 4.79 Å². The number of aliphatic hydroxyl groups excluding tert-OH is 1. The predicted octanol–water partition coefficient (Wildman–Crippen LogP) is -0.0681. The number of aliphatic hydroxyl groups is 1. The second-order valence-corrected chi connectivity index (χ2v) is 0.890. The average Bonchev–Trinajstić information content (AvgIpc) is 2.02. The zero-order valence-electron chi connectivity index (χ0n) is 9.34. The van der Waals surface area contributed by atoms with Crippen LogP contribution in [0.25, 0.3) is 0 Å². The first-order valence-corrected chi connectivity index (χ1v) is 1.86. The van der Waals surface area contributed by atoms with E-state index in [0.717, 1.165) is 7.11 Å². The maximum Gasteiger partial charge on any atom is 0.305 e. The molecule has 0 radical (unpaired) electrons. The topological polar surface area (TPSA) is 46.5 Å². The summed E-state index contributed by atoms with van der Waals surface area (Å²) in [5.41, 5.74) is 0. The lowest BCUT2D eigenvalue weighted by atomic mass is 10.3. The molecule has 48 valence electrons. The molecule has 0 aliphatic carbocycles. The molecule has 0 bridgehead atoms. The van der Waals surface area contributed by atoms with Crippen molar-refractivity contribution < 1.29 is 21.5 Å². The Hall–Kier alpha value is -0.570. The number of ether oxygens (including phenoxy) is 1. The second kappa shape index (κ2) is 4.59. The number of hydrogen-bond acceptors (Lipinski definition) is 3. The van der Waals surface area contributed by atoms with Crippen LogP contribution in [0.2, 0.25) is 0 Å². The Morgan fingerprint density at radius 2 is 2.62 bits per heavy atom. The summed E-state index contributed by atoms with van der Waals surface area (Å²) in [7, 11) is 0.895. The minimum Gasteiger partial charge on any atom is -0.469 e. The summed E-state index contributed by atoms with van der Waals surface area (Å²) >= 11 is 0. The lowest BCUT2D eigenvalue weighted by Gasteiger charge is -1.93. The van der Waals surface area contributed by atoms with E-state index in [-0.39, 0.29) is 0 Å². The lowest BCUT2D eigenvalue weighted by molar-refractivity contribution is -0.140. The Balaban J connectivity index is 4.91. The van der Waals surface area contributed by atoms with Crippen molar-refractivity contribution in [3.05, 3.63) is 0 Å². The molecule has 0 amide bonds. The van der Waals surface area contributed by atoms with E-state index < -0.39 is 25.3 Å². The fourth-order valence-electron chi connectivity index (χ4n) is 0.142. The van der Waals surface area contributed by atoms with Gasteiger partial charge in [-0.05, 0) is 6.37 Å². The third-order valence-electron chi connectivity index (χ3n) is 0.424. The monoisotopic (exact) mass is 123 g/mol. The number of rotatable bonds is 3. The van der Waals surface area contributed by atoms with Crippen LogP contribution in [0.1, 0.15) is 19.6 Å². The van der Waals surface area contributed by atoms with E-state index >= 15 is 0 Å². The number of methoxy groups -OCH3 is 1. The standard InChI is InChI=1S/C5H10O3/c1-8-5(7)3-2-4-6/h6H,2-4H2,1H3/i2D2,3D2,4D. The summed E-state index contributed by atoms with van der Waals surface area (Å²) in [5, 5.41) is 8.60. The predicted molar refractivity (Wildman–Crippen MR) is 28.3 cm³/mol. The molecular formula is C5H10O3. The minimum absolute atomic E-state index is 0.895. The minimum atomic E-state index is -3.04. The van der Waals surface area contributed by atoms with E-state index in [1.807, 2.05) is 0 Å². The number of carbonyl (C=O) groups excluding carboxylic acids is 1. The zero-order chi connectivity index (χ0) is 10.9. The SMILES string of the molecule is [2H]C(O)C([2H])([2H])C([2H])([2H])C(=O)OC. The molecule has 0 aromatic rings. The molecule has 8 heavy (non-hydrogen) atoms. The molecule has 0 aromatic heterocycles. The molecule has 1 N–H and O–H groups in total. The summed E-state index contributed by atoms with van der Waals surface area (Å²) in [4.78, 5) is 10.8. The highest BCUT2D eigenvalue weighted by Crippen LogP contribution is 1.87. The largest absolute Gasteiger partial charge is 0.469 e. The van der Waals surface area contributed by atoms with Gasteiger partial charge in [-0.15, -0.1) is 0 Å². The number of carbonyl (C=O) groups is 1. The highest BCUT2D eigenvalue weighted by atomic mass is 16.5. The summed E-state index contributed by atoms with van der Waals surface area (Å²) in [6.07, 6.45) is -6.04. The Bertz CT molecular complexity index is 202. The Kier molecular flexibility index (Phi) is 1.35. The first-order chi connectivity index (χ1) is 5.67. The number of hydrogen-bond donors (Lipinski definition) is 1. The van der Waals surface area contributed by atoms with Crippen LogP contribution < -0.4 is 0 Å². The van der Waals surface area contributed by atoms with Crippen LogP contribution in [-0.4, -0.2) is 24.8 Å². The van der Waals surface area contributed by atoms with Gasteiger partial charge < -0.3 is 9.84 Å². The van der Waals surface area contributed by atoms with E-state index in [2.05, 4.69) is 4.74 Å². The van der Waals surface area contributed by atoms with Crippen LogP contribution in [0.3, 0.4) is 0 Å². The highest BCUT2D eigenvalue weighted by Gasteiger charge is 1.95. The average molecular weight is 123 g/mol. The quantitative estimate of drug-likeness (QED) is 0.534. The van der Waals surface area contributed by atoms with E-state index in [1.165, 1.54) is 0 Å². The van der Waals surface area contributed by atoms with Gasteiger partial charge in [-0.1, -0.05) is 0 Å². The smallest absolute Gasteiger partial charge is 0.305 e. The molecule has 0 saturated carbocycles. The Labute approximate surface area is 55.3 Å². The number of esters is 1. The van der Waals surface area contributed by atoms with Crippen molar-refractivity contribution in [2.24, 2.45) is 0 Å². The van der Waals surface area contributed by atoms with Crippen molar-refractivity contribution >= 4 is 5.97 Å². The van der Waals surface area contributed by atoms with Crippen molar-refractivity contribution in [1.29, 1.82) is 0 Å². The molecule has 0 saturated heterocycles. The van der Waals surface area contributed by atoms with Gasteiger partial charge in [-0.25, -0.2) is 0 Å². The third kappa shape index (κ3) is 3.61. The van der Waals surface area contributed by atoms with Crippen LogP contribution in [-0.2, 0) is 9.53 Å². The summed E-state index contributed by atoms with van der Waals surface area (Å²) in [6, 6.07) is 0. The molecular weight excluding hydrogens is 108 g/mol. The molecule has 3 heteroatoms. The van der Waals surface area contributed by atoms with Gasteiger partial charge in [0, 0.05) is 18.4 Å². The molecule has 3 nitrogen and oxygen atoms in total. The van der Waals surface area contributed by atoms with Crippen molar-refractivity contribution in [2.45, 2.75) is 12.7 Å². The van der Waals surface area contributed by atoms with Crippen molar-refractivity contribution in [3.8, 4) is 0 Å². The molecule has 0 aliphatic heterocycles. The van der Waals surface area contributed by atoms with Crippen LogP contribution in [0, 0.1) is 0 Å². The van der Waals surface area contributed by atoms with Crippen molar-refractivity contribution in [2.75, 3.05) is 13.7 Å². The normalized spacial score (nSPS) is 25.5. The van der Waals surface area contributed by atoms with Crippen molar-refractivity contribution in [1.82, 2.24) is 0 Å². The lowest BCUT2D eigenvalue weighted by Crippen LogP contribution is -2.00. The molecule has 0 heterocycles. The van der Waals surface area contributed by atoms with E-state index in [4.69, 9.17) is 12.0 Å². The van der Waals surface area contributed by atoms with Gasteiger partial charge in [0.05, 0.1) is 8.48 Å². The van der Waals surface area contributed by atoms with Gasteiger partial charge in [-0.2, -0.15) is 0 Å². The Morgan fingerprint density at radius 3 is 3.00 bits per heavy atom. The second-order valence-electron chi connectivity index (χ2n) is 0.890. The van der Waals surface area contributed by atoms with Gasteiger partial charge in [0.15, 0.2) is 0 Å². The maximum atomic E-state index is 10.8. The van der Waals surface area contributed by atoms with Gasteiger partial charge in [0.1, 0.15) is 0 Å². The van der Waals surface area contributed by atoms with Crippen LogP contribution in [0.5, 0.6) is 0 Å². The molecule has 1 unspecified atom stereocenters. The molecule has 1 atom stereocenters. The van der Waals surface area contributed by atoms with Crippen LogP contribution >= 0.6 is 0 Å². The van der Waals surface area contributed by atoms with Gasteiger partial charge >= 0.3 is 5.97 Å². The summed E-state index contributed by atoms with van der Waals surface area (Å²) < 4.78 is 38.6. The molecule has 0 spiro atoms. The first kappa shape index (κ1) is 2.35. The zero-order valence-corrected chi connectivity index (χ0v) is 4.34. The van der Waals surface area contributed by atoms with Crippen LogP contribution in [0.4, 0.5) is 0 Å². The van der Waals surface area contributed by atoms with E-state index in [0.29, 0.717) is 0 Å². The van der Waals surface area contributed by atoms with Crippen LogP contribution in [0.15, 0.2) is 0 Å². The van der Waals surface area contributed by atoms with Gasteiger partial charge in [0.2, 0.25) is 0 Å². The van der Waals surface area contributed by atoms with E-state index in [9.17, 15) is 4.79 Å². The fourth-order valence-corrected chi connectivity index (χ4v) is 0.142. The van der Waals surface area contributed by atoms with Crippen molar-refractivity contribution in [3.63, 3.8) is 0 Å². The summed E-state index contributed by atoms with van der Waals surface area (Å²) in [5.74, 6) is -1.45. The first-order valence-electron chi connectivity index (χ1n) is 4.44. The maximum absolute atomic E-state index is 10.8. The Morgan fingerprint density at radius 1 is 2.00 bits per heavy atom.